The second-order valence-electron chi connectivity index (χ2n) is 7.34. The molecule has 0 saturated carbocycles. The van der Waals surface area contributed by atoms with Crippen LogP contribution in [0.3, 0.4) is 0 Å². The van der Waals surface area contributed by atoms with Gasteiger partial charge in [0.25, 0.3) is 0 Å². The number of hydrogen-bond acceptors (Lipinski definition) is 2. The molecule has 0 saturated heterocycles. The van der Waals surface area contributed by atoms with Gasteiger partial charge < -0.3 is 9.80 Å². The number of rotatable bonds is 6. The van der Waals surface area contributed by atoms with Gasteiger partial charge >= 0.3 is 0 Å². The average molecular weight is 439 g/mol. The Morgan fingerprint density at radius 2 is 0.667 bits per heavy atom. The summed E-state index contributed by atoms with van der Waals surface area (Å²) in [5, 5.41) is 0. The van der Waals surface area contributed by atoms with E-state index in [9.17, 15) is 0 Å². The Morgan fingerprint density at radius 3 is 0.970 bits per heavy atom. The van der Waals surface area contributed by atoms with Crippen LogP contribution < -0.4 is 9.80 Å². The minimum Gasteiger partial charge on any atom is -0.323 e. The lowest BCUT2D eigenvalue weighted by Crippen LogP contribution is -2.32. The van der Waals surface area contributed by atoms with Gasteiger partial charge in [-0.25, -0.2) is 0 Å². The van der Waals surface area contributed by atoms with Crippen molar-refractivity contribution in [1.82, 2.24) is 0 Å². The van der Waals surface area contributed by atoms with Gasteiger partial charge in [0.05, 0.1) is 6.67 Å². The van der Waals surface area contributed by atoms with Crippen LogP contribution in [0.25, 0.3) is 0 Å². The van der Waals surface area contributed by atoms with E-state index < -0.39 is 0 Å². The van der Waals surface area contributed by atoms with Crippen molar-refractivity contribution in [3.05, 3.63) is 120 Å². The summed E-state index contributed by atoms with van der Waals surface area (Å²) in [7, 11) is 0. The van der Waals surface area contributed by atoms with Gasteiger partial charge in [-0.3, -0.25) is 0 Å². The SMILES string of the molecule is CC.CC.Cc1ccc(N(CN(c2ccccc2)c2ccc(C)cc2)c2ccccc2)cc1. The highest BCUT2D eigenvalue weighted by Crippen LogP contribution is 2.31. The molecular formula is C31H38N2. The number of para-hydroxylation sites is 2. The Bertz CT molecular complexity index is 937. The molecule has 0 fully saturated rings. The van der Waals surface area contributed by atoms with E-state index in [0.29, 0.717) is 6.67 Å². The van der Waals surface area contributed by atoms with E-state index in [2.05, 4.69) is 133 Å². The van der Waals surface area contributed by atoms with Crippen LogP contribution in [0.1, 0.15) is 38.8 Å². The summed E-state index contributed by atoms with van der Waals surface area (Å²) in [4.78, 5) is 4.71. The first kappa shape index (κ1) is 25.7. The third kappa shape index (κ3) is 7.25. The maximum absolute atomic E-state index is 2.35. The van der Waals surface area contributed by atoms with E-state index in [1.165, 1.54) is 33.9 Å². The number of benzene rings is 4. The number of aryl methyl sites for hydroxylation is 2. The minimum atomic E-state index is 0.708. The first-order valence-electron chi connectivity index (χ1n) is 12.0. The quantitative estimate of drug-likeness (QED) is 0.277. The summed E-state index contributed by atoms with van der Waals surface area (Å²) in [5.74, 6) is 0. The van der Waals surface area contributed by atoms with Crippen LogP contribution in [0.4, 0.5) is 22.7 Å². The van der Waals surface area contributed by atoms with E-state index in [4.69, 9.17) is 0 Å². The van der Waals surface area contributed by atoms with Gasteiger partial charge in [0.1, 0.15) is 0 Å². The second-order valence-corrected chi connectivity index (χ2v) is 7.34. The predicted molar refractivity (Wildman–Crippen MR) is 147 cm³/mol. The summed E-state index contributed by atoms with van der Waals surface area (Å²) in [5.41, 5.74) is 7.22. The van der Waals surface area contributed by atoms with Crippen molar-refractivity contribution in [2.75, 3.05) is 16.5 Å². The van der Waals surface area contributed by atoms with Crippen molar-refractivity contribution in [2.24, 2.45) is 0 Å². The monoisotopic (exact) mass is 438 g/mol. The molecule has 0 unspecified atom stereocenters. The van der Waals surface area contributed by atoms with Crippen LogP contribution in [0.5, 0.6) is 0 Å². The normalized spacial score (nSPS) is 9.64. The van der Waals surface area contributed by atoms with Crippen molar-refractivity contribution in [3.63, 3.8) is 0 Å². The molecule has 4 aromatic rings. The Labute approximate surface area is 201 Å². The molecule has 0 aromatic heterocycles. The molecule has 0 radical (unpaired) electrons. The molecule has 172 valence electrons. The summed E-state index contributed by atoms with van der Waals surface area (Å²) >= 11 is 0. The molecule has 2 heteroatoms. The van der Waals surface area contributed by atoms with Crippen LogP contribution in [0, 0.1) is 13.8 Å². The summed E-state index contributed by atoms with van der Waals surface area (Å²) in [6, 6.07) is 38.6. The fraction of sp³-hybridized carbons (Fsp3) is 0.226. The zero-order valence-corrected chi connectivity index (χ0v) is 21.0. The smallest absolute Gasteiger partial charge is 0.0999 e. The van der Waals surface area contributed by atoms with Crippen LogP contribution in [-0.2, 0) is 0 Å². The highest BCUT2D eigenvalue weighted by Gasteiger charge is 2.16. The van der Waals surface area contributed by atoms with Crippen molar-refractivity contribution >= 4 is 22.7 Å². The number of anilines is 4. The second kappa shape index (κ2) is 13.8. The molecule has 0 aliphatic heterocycles. The molecule has 0 spiro atoms. The molecule has 0 N–H and O–H groups in total. The van der Waals surface area contributed by atoms with Gasteiger partial charge in [-0.1, -0.05) is 99.5 Å². The Morgan fingerprint density at radius 1 is 0.394 bits per heavy atom. The third-order valence-electron chi connectivity index (χ3n) is 5.11. The minimum absolute atomic E-state index is 0.708. The van der Waals surface area contributed by atoms with E-state index in [1.54, 1.807) is 0 Å². The van der Waals surface area contributed by atoms with E-state index in [0.717, 1.165) is 0 Å². The summed E-state index contributed by atoms with van der Waals surface area (Å²) < 4.78 is 0. The first-order valence-corrected chi connectivity index (χ1v) is 12.0. The molecule has 0 atom stereocenters. The zero-order valence-electron chi connectivity index (χ0n) is 21.0. The highest BCUT2D eigenvalue weighted by molar-refractivity contribution is 5.69. The molecule has 0 aliphatic carbocycles. The maximum atomic E-state index is 2.35. The van der Waals surface area contributed by atoms with Gasteiger partial charge in [0, 0.05) is 22.7 Å². The molecule has 0 amide bonds. The summed E-state index contributed by atoms with van der Waals surface area (Å²) in [6.45, 7) is 13.0. The van der Waals surface area contributed by atoms with Crippen molar-refractivity contribution in [3.8, 4) is 0 Å². The fourth-order valence-electron chi connectivity index (χ4n) is 3.43. The fourth-order valence-corrected chi connectivity index (χ4v) is 3.43. The van der Waals surface area contributed by atoms with Gasteiger partial charge in [-0.15, -0.1) is 0 Å². The lowest BCUT2D eigenvalue weighted by Gasteiger charge is -2.34. The molecule has 2 nitrogen and oxygen atoms in total. The van der Waals surface area contributed by atoms with E-state index >= 15 is 0 Å². The summed E-state index contributed by atoms with van der Waals surface area (Å²) in [6.07, 6.45) is 0. The predicted octanol–water partition coefficient (Wildman–Crippen LogP) is 9.29. The Hall–Kier alpha value is -3.52. The molecule has 0 bridgehead atoms. The first-order chi connectivity index (χ1) is 16.2. The number of nitrogens with zero attached hydrogens (tertiary/aromatic N) is 2. The third-order valence-corrected chi connectivity index (χ3v) is 5.11. The lowest BCUT2D eigenvalue weighted by molar-refractivity contribution is 0.925. The van der Waals surface area contributed by atoms with Gasteiger partial charge in [-0.2, -0.15) is 0 Å². The number of hydrogen-bond donors (Lipinski definition) is 0. The highest BCUT2D eigenvalue weighted by atomic mass is 15.3. The van der Waals surface area contributed by atoms with Crippen molar-refractivity contribution in [1.29, 1.82) is 0 Å². The van der Waals surface area contributed by atoms with Gasteiger partial charge in [0.2, 0.25) is 0 Å². The molecule has 4 aromatic carbocycles. The van der Waals surface area contributed by atoms with Crippen LogP contribution >= 0.6 is 0 Å². The van der Waals surface area contributed by atoms with Crippen LogP contribution in [0.2, 0.25) is 0 Å². The average Bonchev–Trinajstić information content (AvgIpc) is 2.90. The molecular weight excluding hydrogens is 400 g/mol. The lowest BCUT2D eigenvalue weighted by atomic mass is 10.1. The van der Waals surface area contributed by atoms with Crippen molar-refractivity contribution in [2.45, 2.75) is 41.5 Å². The maximum Gasteiger partial charge on any atom is 0.0999 e. The van der Waals surface area contributed by atoms with E-state index in [-0.39, 0.29) is 0 Å². The molecule has 4 rings (SSSR count). The van der Waals surface area contributed by atoms with Crippen molar-refractivity contribution < 1.29 is 0 Å². The standard InChI is InChI=1S/C27H26N2.2C2H6/c1-22-13-17-26(18-14-22)28(24-9-5-3-6-10-24)21-29(25-11-7-4-8-12-25)27-19-15-23(2)16-20-27;2*1-2/h3-20H,21H2,1-2H3;2*1-2H3. The van der Waals surface area contributed by atoms with Crippen LogP contribution in [-0.4, -0.2) is 6.67 Å². The van der Waals surface area contributed by atoms with Gasteiger partial charge in [0.15, 0.2) is 0 Å². The largest absolute Gasteiger partial charge is 0.323 e. The molecule has 33 heavy (non-hydrogen) atoms. The Balaban J connectivity index is 0.000000914. The van der Waals surface area contributed by atoms with Gasteiger partial charge in [-0.05, 0) is 62.4 Å². The Kier molecular flexibility index (Phi) is 10.8. The molecule has 0 heterocycles. The zero-order chi connectivity index (χ0) is 24.1. The van der Waals surface area contributed by atoms with E-state index in [1.807, 2.05) is 27.7 Å². The topological polar surface area (TPSA) is 6.48 Å². The molecule has 0 aliphatic rings. The van der Waals surface area contributed by atoms with Crippen LogP contribution in [0.15, 0.2) is 109 Å².